The van der Waals surface area contributed by atoms with E-state index in [4.69, 9.17) is 0 Å². The molecule has 1 aromatic carbocycles. The van der Waals surface area contributed by atoms with Crippen LogP contribution in [0.5, 0.6) is 0 Å². The highest BCUT2D eigenvalue weighted by Gasteiger charge is 2.42. The van der Waals surface area contributed by atoms with Gasteiger partial charge in [-0.2, -0.15) is 18.3 Å². The molecule has 2 heterocycles. The molecule has 1 aromatic heterocycles. The molecule has 2 aliphatic rings. The summed E-state index contributed by atoms with van der Waals surface area (Å²) in [5.74, 6) is -0.729. The minimum Gasteiger partial charge on any atom is -0.335 e. The van der Waals surface area contributed by atoms with Crippen molar-refractivity contribution in [3.05, 3.63) is 47.3 Å². The van der Waals surface area contributed by atoms with Crippen LogP contribution in [0.15, 0.2) is 30.5 Å². The summed E-state index contributed by atoms with van der Waals surface area (Å²) in [6, 6.07) is 6.46. The van der Waals surface area contributed by atoms with Crippen molar-refractivity contribution in [1.82, 2.24) is 24.9 Å². The fourth-order valence-corrected chi connectivity index (χ4v) is 4.46. The van der Waals surface area contributed by atoms with Gasteiger partial charge in [0.2, 0.25) is 0 Å². The normalized spacial score (nSPS) is 17.8. The second kappa shape index (κ2) is 9.44. The molecule has 0 unspecified atom stereocenters. The Balaban J connectivity index is 1.45. The topological polar surface area (TPSA) is 70.5 Å². The third kappa shape index (κ3) is 5.15. The fraction of sp³-hybridized carbons (Fsp3) is 0.522. The van der Waals surface area contributed by atoms with E-state index >= 15 is 0 Å². The van der Waals surface area contributed by atoms with Crippen LogP contribution >= 0.6 is 0 Å². The van der Waals surface area contributed by atoms with Crippen LogP contribution in [0.25, 0.3) is 5.69 Å². The first-order valence-corrected chi connectivity index (χ1v) is 11.3. The molecular weight excluding hydrogens is 435 g/mol. The number of halogens is 3. The second-order valence-electron chi connectivity index (χ2n) is 8.72. The van der Waals surface area contributed by atoms with Gasteiger partial charge in [0, 0.05) is 32.2 Å². The number of carbonyl (C=O) groups is 2. The SMILES string of the molecule is Cc1ccc(-n2ncc(C(=O)N3CCN(C(=O)NC4CCCCC4)CC3)c2C(F)(F)F)cc1. The lowest BCUT2D eigenvalue weighted by Crippen LogP contribution is -2.54. The number of carbonyl (C=O) groups excluding carboxylic acids is 2. The number of aryl methyl sites for hydroxylation is 1. The predicted octanol–water partition coefficient (Wildman–Crippen LogP) is 4.00. The fourth-order valence-electron chi connectivity index (χ4n) is 4.46. The Morgan fingerprint density at radius 2 is 1.58 bits per heavy atom. The smallest absolute Gasteiger partial charge is 0.335 e. The lowest BCUT2D eigenvalue weighted by Gasteiger charge is -2.36. The van der Waals surface area contributed by atoms with Gasteiger partial charge in [0.15, 0.2) is 5.69 Å². The quantitative estimate of drug-likeness (QED) is 0.748. The predicted molar refractivity (Wildman–Crippen MR) is 116 cm³/mol. The largest absolute Gasteiger partial charge is 0.434 e. The van der Waals surface area contributed by atoms with Crippen LogP contribution in [0.1, 0.15) is 53.7 Å². The summed E-state index contributed by atoms with van der Waals surface area (Å²) in [7, 11) is 0. The van der Waals surface area contributed by atoms with E-state index in [0.29, 0.717) is 0 Å². The van der Waals surface area contributed by atoms with Gasteiger partial charge in [-0.05, 0) is 31.9 Å². The number of urea groups is 1. The Hall–Kier alpha value is -3.04. The van der Waals surface area contributed by atoms with Gasteiger partial charge in [-0.3, -0.25) is 4.79 Å². The zero-order valence-electron chi connectivity index (χ0n) is 18.6. The Kier molecular flexibility index (Phi) is 6.62. The second-order valence-corrected chi connectivity index (χ2v) is 8.72. The molecule has 178 valence electrons. The van der Waals surface area contributed by atoms with Crippen molar-refractivity contribution < 1.29 is 22.8 Å². The number of piperazine rings is 1. The van der Waals surface area contributed by atoms with E-state index in [-0.39, 0.29) is 43.9 Å². The molecule has 7 nitrogen and oxygen atoms in total. The first kappa shape index (κ1) is 23.1. The van der Waals surface area contributed by atoms with E-state index in [1.54, 1.807) is 17.0 Å². The molecule has 1 saturated heterocycles. The van der Waals surface area contributed by atoms with Gasteiger partial charge in [-0.25, -0.2) is 9.48 Å². The molecule has 0 spiro atoms. The van der Waals surface area contributed by atoms with Crippen molar-refractivity contribution in [1.29, 1.82) is 0 Å². The molecule has 4 rings (SSSR count). The Labute approximate surface area is 190 Å². The molecule has 3 amide bonds. The van der Waals surface area contributed by atoms with Gasteiger partial charge < -0.3 is 15.1 Å². The molecule has 2 fully saturated rings. The van der Waals surface area contributed by atoms with Gasteiger partial charge in [0.1, 0.15) is 0 Å². The average molecular weight is 464 g/mol. The molecule has 0 bridgehead atoms. The molecule has 2 aromatic rings. The molecule has 33 heavy (non-hydrogen) atoms. The number of benzene rings is 1. The van der Waals surface area contributed by atoms with Crippen LogP contribution in [-0.2, 0) is 6.18 Å². The number of hydrogen-bond acceptors (Lipinski definition) is 3. The molecule has 0 atom stereocenters. The van der Waals surface area contributed by atoms with Gasteiger partial charge in [-0.1, -0.05) is 37.0 Å². The first-order chi connectivity index (χ1) is 15.7. The van der Waals surface area contributed by atoms with E-state index < -0.39 is 23.3 Å². The lowest BCUT2D eigenvalue weighted by atomic mass is 9.96. The van der Waals surface area contributed by atoms with Gasteiger partial charge >= 0.3 is 12.2 Å². The molecular formula is C23H28F3N5O2. The molecule has 10 heteroatoms. The van der Waals surface area contributed by atoms with Crippen molar-refractivity contribution in [3.8, 4) is 5.69 Å². The first-order valence-electron chi connectivity index (χ1n) is 11.3. The van der Waals surface area contributed by atoms with Crippen molar-refractivity contribution in [2.45, 2.75) is 51.2 Å². The van der Waals surface area contributed by atoms with E-state index in [1.807, 2.05) is 6.92 Å². The Bertz CT molecular complexity index is 989. The maximum atomic E-state index is 13.9. The number of rotatable bonds is 3. The number of aromatic nitrogens is 2. The highest BCUT2D eigenvalue weighted by Crippen LogP contribution is 2.34. The van der Waals surface area contributed by atoms with E-state index in [0.717, 1.165) is 42.1 Å². The monoisotopic (exact) mass is 463 g/mol. The van der Waals surface area contributed by atoms with Gasteiger partial charge in [0.25, 0.3) is 5.91 Å². The number of nitrogens with one attached hydrogen (secondary N) is 1. The number of alkyl halides is 3. The number of nitrogens with zero attached hydrogens (tertiary/aromatic N) is 4. The van der Waals surface area contributed by atoms with Crippen molar-refractivity contribution in [2.75, 3.05) is 26.2 Å². The molecule has 0 radical (unpaired) electrons. The zero-order valence-corrected chi connectivity index (χ0v) is 18.6. The number of amides is 3. The van der Waals surface area contributed by atoms with Crippen LogP contribution in [0.4, 0.5) is 18.0 Å². The summed E-state index contributed by atoms with van der Waals surface area (Å²) in [4.78, 5) is 28.5. The summed E-state index contributed by atoms with van der Waals surface area (Å²) in [6.07, 6.45) is 1.55. The summed E-state index contributed by atoms with van der Waals surface area (Å²) in [5.41, 5.74) is -0.436. The highest BCUT2D eigenvalue weighted by atomic mass is 19.4. The minimum atomic E-state index is -4.76. The maximum Gasteiger partial charge on any atom is 0.434 e. The van der Waals surface area contributed by atoms with Crippen LogP contribution < -0.4 is 5.32 Å². The summed E-state index contributed by atoms with van der Waals surface area (Å²) in [6.45, 7) is 2.73. The van der Waals surface area contributed by atoms with Gasteiger partial charge in [0.05, 0.1) is 17.4 Å². The third-order valence-electron chi connectivity index (χ3n) is 6.33. The molecule has 1 aliphatic heterocycles. The maximum absolute atomic E-state index is 13.9. The Morgan fingerprint density at radius 3 is 2.18 bits per heavy atom. The lowest BCUT2D eigenvalue weighted by molar-refractivity contribution is -0.143. The van der Waals surface area contributed by atoms with Crippen molar-refractivity contribution in [2.24, 2.45) is 0 Å². The third-order valence-corrected chi connectivity index (χ3v) is 6.33. The van der Waals surface area contributed by atoms with Crippen LogP contribution in [-0.4, -0.2) is 63.7 Å². The van der Waals surface area contributed by atoms with Crippen LogP contribution in [0, 0.1) is 6.92 Å². The van der Waals surface area contributed by atoms with E-state index in [1.165, 1.54) is 23.5 Å². The average Bonchev–Trinajstić information content (AvgIpc) is 3.26. The Morgan fingerprint density at radius 1 is 0.970 bits per heavy atom. The summed E-state index contributed by atoms with van der Waals surface area (Å²) in [5, 5.41) is 6.92. The summed E-state index contributed by atoms with van der Waals surface area (Å²) < 4.78 is 42.6. The van der Waals surface area contributed by atoms with E-state index in [2.05, 4.69) is 10.4 Å². The molecule has 1 aliphatic carbocycles. The minimum absolute atomic E-state index is 0.169. The highest BCUT2D eigenvalue weighted by molar-refractivity contribution is 5.95. The van der Waals surface area contributed by atoms with Crippen LogP contribution in [0.2, 0.25) is 0 Å². The summed E-state index contributed by atoms with van der Waals surface area (Å²) >= 11 is 0. The molecule has 1 N–H and O–H groups in total. The standard InChI is InChI=1S/C23H28F3N5O2/c1-16-7-9-18(10-8-16)31-20(23(24,25)26)19(15-27-31)21(32)29-11-13-30(14-12-29)22(33)28-17-5-3-2-4-6-17/h7-10,15,17H,2-6,11-14H2,1H3,(H,28,33). The van der Waals surface area contributed by atoms with Gasteiger partial charge in [-0.15, -0.1) is 0 Å². The molecule has 1 saturated carbocycles. The number of hydrogen-bond donors (Lipinski definition) is 1. The van der Waals surface area contributed by atoms with Crippen LogP contribution in [0.3, 0.4) is 0 Å². The van der Waals surface area contributed by atoms with Crippen molar-refractivity contribution >= 4 is 11.9 Å². The zero-order chi connectivity index (χ0) is 23.6. The van der Waals surface area contributed by atoms with E-state index in [9.17, 15) is 22.8 Å². The van der Waals surface area contributed by atoms with Crippen molar-refractivity contribution in [3.63, 3.8) is 0 Å².